The summed E-state index contributed by atoms with van der Waals surface area (Å²) in [6, 6.07) is 1.96. The zero-order chi connectivity index (χ0) is 11.3. The van der Waals surface area contributed by atoms with Crippen molar-refractivity contribution in [3.63, 3.8) is 0 Å². The molecule has 0 atom stereocenters. The van der Waals surface area contributed by atoms with Gasteiger partial charge in [0, 0.05) is 15.6 Å². The van der Waals surface area contributed by atoms with Crippen LogP contribution in [0.1, 0.15) is 30.4 Å². The molecule has 1 fully saturated rings. The van der Waals surface area contributed by atoms with Gasteiger partial charge in [0.2, 0.25) is 6.79 Å². The van der Waals surface area contributed by atoms with Crippen molar-refractivity contribution in [2.45, 2.75) is 31.7 Å². The molecular weight excluding hydrogens is 270 g/mol. The molecule has 3 nitrogen and oxygen atoms in total. The van der Waals surface area contributed by atoms with Crippen LogP contribution < -0.4 is 15.2 Å². The molecule has 4 heteroatoms. The predicted octanol–water partition coefficient (Wildman–Crippen LogP) is 2.82. The molecule has 2 aliphatic rings. The third kappa shape index (κ3) is 1.29. The number of benzene rings is 1. The van der Waals surface area contributed by atoms with Gasteiger partial charge in [-0.25, -0.2) is 0 Å². The van der Waals surface area contributed by atoms with Gasteiger partial charge in [0.1, 0.15) is 0 Å². The van der Waals surface area contributed by atoms with Crippen molar-refractivity contribution in [3.8, 4) is 11.5 Å². The SMILES string of the molecule is Cc1c(Br)cc2c(c1C1(N)CCC1)OCO2. The summed E-state index contributed by atoms with van der Waals surface area (Å²) in [5.74, 6) is 1.66. The van der Waals surface area contributed by atoms with Gasteiger partial charge in [-0.1, -0.05) is 15.9 Å². The van der Waals surface area contributed by atoms with Gasteiger partial charge in [-0.15, -0.1) is 0 Å². The van der Waals surface area contributed by atoms with E-state index in [1.807, 2.05) is 6.07 Å². The van der Waals surface area contributed by atoms with Crippen LogP contribution in [-0.4, -0.2) is 6.79 Å². The van der Waals surface area contributed by atoms with Crippen LogP contribution in [0, 0.1) is 6.92 Å². The number of ether oxygens (including phenoxy) is 2. The molecule has 0 aromatic heterocycles. The van der Waals surface area contributed by atoms with Crippen LogP contribution in [-0.2, 0) is 5.54 Å². The molecule has 0 radical (unpaired) electrons. The summed E-state index contributed by atoms with van der Waals surface area (Å²) in [7, 11) is 0. The Balaban J connectivity index is 2.22. The summed E-state index contributed by atoms with van der Waals surface area (Å²) < 4.78 is 12.0. The van der Waals surface area contributed by atoms with Crippen LogP contribution in [0.15, 0.2) is 10.5 Å². The van der Waals surface area contributed by atoms with Crippen molar-refractivity contribution in [2.24, 2.45) is 5.73 Å². The molecule has 0 saturated heterocycles. The maximum absolute atomic E-state index is 6.41. The molecule has 1 saturated carbocycles. The van der Waals surface area contributed by atoms with Gasteiger partial charge >= 0.3 is 0 Å². The first-order valence-electron chi connectivity index (χ1n) is 5.50. The van der Waals surface area contributed by atoms with E-state index in [-0.39, 0.29) is 5.54 Å². The minimum atomic E-state index is -0.217. The van der Waals surface area contributed by atoms with Crippen molar-refractivity contribution < 1.29 is 9.47 Å². The molecule has 1 aromatic carbocycles. The van der Waals surface area contributed by atoms with E-state index in [0.717, 1.165) is 34.4 Å². The van der Waals surface area contributed by atoms with Gasteiger partial charge in [0.25, 0.3) is 0 Å². The molecule has 1 aliphatic carbocycles. The second-order valence-corrected chi connectivity index (χ2v) is 5.46. The number of hydrogen-bond donors (Lipinski definition) is 1. The quantitative estimate of drug-likeness (QED) is 0.862. The molecule has 0 unspecified atom stereocenters. The summed E-state index contributed by atoms with van der Waals surface area (Å²) in [6.45, 7) is 2.38. The molecular formula is C12H14BrNO2. The molecule has 16 heavy (non-hydrogen) atoms. The third-order valence-electron chi connectivity index (χ3n) is 3.60. The van der Waals surface area contributed by atoms with E-state index in [1.165, 1.54) is 12.0 Å². The van der Waals surface area contributed by atoms with Crippen LogP contribution in [0.2, 0.25) is 0 Å². The molecule has 1 aliphatic heterocycles. The Morgan fingerprint density at radius 3 is 2.75 bits per heavy atom. The molecule has 2 N–H and O–H groups in total. The zero-order valence-electron chi connectivity index (χ0n) is 9.18. The van der Waals surface area contributed by atoms with Gasteiger partial charge in [-0.05, 0) is 37.8 Å². The number of hydrogen-bond acceptors (Lipinski definition) is 3. The van der Waals surface area contributed by atoms with E-state index in [9.17, 15) is 0 Å². The van der Waals surface area contributed by atoms with Crippen LogP contribution in [0.3, 0.4) is 0 Å². The molecule has 1 aromatic rings. The number of fused-ring (bicyclic) bond motifs is 1. The highest BCUT2D eigenvalue weighted by Gasteiger charge is 2.40. The average molecular weight is 284 g/mol. The molecule has 3 rings (SSSR count). The first-order chi connectivity index (χ1) is 7.62. The lowest BCUT2D eigenvalue weighted by Gasteiger charge is -2.40. The van der Waals surface area contributed by atoms with E-state index in [2.05, 4.69) is 22.9 Å². The van der Waals surface area contributed by atoms with Crippen LogP contribution >= 0.6 is 15.9 Å². The van der Waals surface area contributed by atoms with Gasteiger partial charge in [0.05, 0.1) is 0 Å². The van der Waals surface area contributed by atoms with Crippen LogP contribution in [0.5, 0.6) is 11.5 Å². The topological polar surface area (TPSA) is 44.5 Å². The lowest BCUT2D eigenvalue weighted by molar-refractivity contribution is 0.168. The van der Waals surface area contributed by atoms with Crippen molar-refractivity contribution in [1.29, 1.82) is 0 Å². The Labute approximate surface area is 103 Å². The lowest BCUT2D eigenvalue weighted by Crippen LogP contribution is -2.44. The summed E-state index contributed by atoms with van der Waals surface area (Å²) in [4.78, 5) is 0. The molecule has 0 spiro atoms. The standard InChI is InChI=1S/C12H14BrNO2/c1-7-8(13)5-9-11(16-6-15-9)10(7)12(14)3-2-4-12/h5H,2-4,6,14H2,1H3. The summed E-state index contributed by atoms with van der Waals surface area (Å²) in [5.41, 5.74) is 8.49. The average Bonchev–Trinajstić information content (AvgIpc) is 2.63. The van der Waals surface area contributed by atoms with E-state index in [1.54, 1.807) is 0 Å². The maximum Gasteiger partial charge on any atom is 0.231 e. The highest BCUT2D eigenvalue weighted by atomic mass is 79.9. The normalized spacial score (nSPS) is 20.7. The fourth-order valence-electron chi connectivity index (χ4n) is 2.51. The van der Waals surface area contributed by atoms with Crippen molar-refractivity contribution in [1.82, 2.24) is 0 Å². The Kier molecular flexibility index (Phi) is 2.20. The summed E-state index contributed by atoms with van der Waals surface area (Å²) >= 11 is 3.55. The first kappa shape index (κ1) is 10.4. The monoisotopic (exact) mass is 283 g/mol. The number of rotatable bonds is 1. The van der Waals surface area contributed by atoms with Crippen molar-refractivity contribution >= 4 is 15.9 Å². The predicted molar refractivity (Wildman–Crippen MR) is 64.7 cm³/mol. The number of nitrogens with two attached hydrogens (primary N) is 1. The summed E-state index contributed by atoms with van der Waals surface area (Å²) in [5, 5.41) is 0. The third-order valence-corrected chi connectivity index (χ3v) is 4.43. The van der Waals surface area contributed by atoms with Gasteiger partial charge < -0.3 is 15.2 Å². The largest absolute Gasteiger partial charge is 0.454 e. The van der Waals surface area contributed by atoms with E-state index in [4.69, 9.17) is 15.2 Å². The Morgan fingerprint density at radius 1 is 1.38 bits per heavy atom. The second kappa shape index (κ2) is 3.37. The highest BCUT2D eigenvalue weighted by molar-refractivity contribution is 9.10. The summed E-state index contributed by atoms with van der Waals surface area (Å²) in [6.07, 6.45) is 3.25. The van der Waals surface area contributed by atoms with Crippen molar-refractivity contribution in [3.05, 3.63) is 21.7 Å². The molecule has 0 bridgehead atoms. The van der Waals surface area contributed by atoms with E-state index >= 15 is 0 Å². The van der Waals surface area contributed by atoms with Gasteiger partial charge in [-0.3, -0.25) is 0 Å². The van der Waals surface area contributed by atoms with Gasteiger partial charge in [0.15, 0.2) is 11.5 Å². The smallest absolute Gasteiger partial charge is 0.231 e. The van der Waals surface area contributed by atoms with Crippen molar-refractivity contribution in [2.75, 3.05) is 6.79 Å². The molecule has 86 valence electrons. The molecule has 0 amide bonds. The molecule has 1 heterocycles. The Bertz CT molecular complexity index is 455. The van der Waals surface area contributed by atoms with Crippen LogP contribution in [0.25, 0.3) is 0 Å². The Hall–Kier alpha value is -0.740. The maximum atomic E-state index is 6.41. The van der Waals surface area contributed by atoms with Gasteiger partial charge in [-0.2, -0.15) is 0 Å². The first-order valence-corrected chi connectivity index (χ1v) is 6.29. The lowest BCUT2D eigenvalue weighted by atomic mass is 9.71. The highest BCUT2D eigenvalue weighted by Crippen LogP contribution is 2.50. The zero-order valence-corrected chi connectivity index (χ0v) is 10.8. The van der Waals surface area contributed by atoms with E-state index in [0.29, 0.717) is 6.79 Å². The van der Waals surface area contributed by atoms with Crippen LogP contribution in [0.4, 0.5) is 0 Å². The minimum absolute atomic E-state index is 0.217. The minimum Gasteiger partial charge on any atom is -0.454 e. The fraction of sp³-hybridized carbons (Fsp3) is 0.500. The Morgan fingerprint density at radius 2 is 2.12 bits per heavy atom. The number of halogens is 1. The fourth-order valence-corrected chi connectivity index (χ4v) is 2.92. The van der Waals surface area contributed by atoms with E-state index < -0.39 is 0 Å². The second-order valence-electron chi connectivity index (χ2n) is 4.60.